The normalized spacial score (nSPS) is 12.0. The highest BCUT2D eigenvalue weighted by molar-refractivity contribution is 4.53. The van der Waals surface area contributed by atoms with Crippen LogP contribution in [-0.4, -0.2) is 12.9 Å². The zero-order valence-corrected chi connectivity index (χ0v) is 21.8. The van der Waals surface area contributed by atoms with Gasteiger partial charge in [-0.3, -0.25) is 4.39 Å². The number of halogens is 4. The average Bonchev–Trinajstić information content (AvgIpc) is 2.78. The molecule has 4 heteroatoms. The van der Waals surface area contributed by atoms with Crippen LogP contribution >= 0.6 is 0 Å². The molecule has 200 valence electrons. The Hall–Kier alpha value is -0.280. The highest BCUT2D eigenvalue weighted by atomic mass is 19.4. The summed E-state index contributed by atoms with van der Waals surface area (Å²) in [5.74, 6) is 0. The van der Waals surface area contributed by atoms with Crippen LogP contribution < -0.4 is 0 Å². The van der Waals surface area contributed by atoms with Gasteiger partial charge < -0.3 is 0 Å². The molecule has 0 aromatic heterocycles. The Bertz CT molecular complexity index is 354. The van der Waals surface area contributed by atoms with E-state index in [1.54, 1.807) is 0 Å². The third-order valence-electron chi connectivity index (χ3n) is 6.84. The first-order valence-electron chi connectivity index (χ1n) is 14.7. The molecule has 0 aliphatic rings. The topological polar surface area (TPSA) is 0 Å². The van der Waals surface area contributed by atoms with Gasteiger partial charge in [0.25, 0.3) is 0 Å². The molecule has 0 radical (unpaired) electrons. The minimum Gasteiger partial charge on any atom is -0.251 e. The van der Waals surface area contributed by atoms with Crippen LogP contribution in [0.5, 0.6) is 0 Å². The van der Waals surface area contributed by atoms with Crippen molar-refractivity contribution >= 4 is 0 Å². The lowest BCUT2D eigenvalue weighted by Crippen LogP contribution is -2.06. The van der Waals surface area contributed by atoms with E-state index in [-0.39, 0.29) is 6.67 Å². The minimum atomic E-state index is -3.97. The van der Waals surface area contributed by atoms with E-state index in [0.29, 0.717) is 6.42 Å². The Morgan fingerprint density at radius 2 is 0.455 bits per heavy atom. The minimum absolute atomic E-state index is 0.146. The van der Waals surface area contributed by atoms with Crippen LogP contribution in [0.3, 0.4) is 0 Å². The zero-order chi connectivity index (χ0) is 24.3. The Kier molecular flexibility index (Phi) is 26.1. The van der Waals surface area contributed by atoms with Crippen LogP contribution in [-0.2, 0) is 0 Å². The van der Waals surface area contributed by atoms with Crippen LogP contribution in [0.4, 0.5) is 17.6 Å². The largest absolute Gasteiger partial charge is 0.389 e. The van der Waals surface area contributed by atoms with Crippen molar-refractivity contribution in [1.82, 2.24) is 0 Å². The van der Waals surface area contributed by atoms with E-state index in [9.17, 15) is 17.6 Å². The summed E-state index contributed by atoms with van der Waals surface area (Å²) < 4.78 is 48.1. The van der Waals surface area contributed by atoms with Gasteiger partial charge in [-0.2, -0.15) is 13.2 Å². The van der Waals surface area contributed by atoms with Gasteiger partial charge in [0.2, 0.25) is 0 Å². The molecule has 0 bridgehead atoms. The summed E-state index contributed by atoms with van der Waals surface area (Å²) in [6.07, 6.45) is 27.3. The molecular formula is C29H56F4. The van der Waals surface area contributed by atoms with Crippen molar-refractivity contribution in [3.8, 4) is 0 Å². The molecule has 0 N–H and O–H groups in total. The molecule has 0 atom stereocenters. The SMILES string of the molecule is FCCCCCCCCCCCCCCCCCCCCCCCCCCCCC(F)(F)F. The third-order valence-corrected chi connectivity index (χ3v) is 6.84. The second kappa shape index (κ2) is 26.3. The molecule has 0 aromatic rings. The second-order valence-electron chi connectivity index (χ2n) is 10.2. The fourth-order valence-corrected chi connectivity index (χ4v) is 4.66. The standard InChI is InChI=1S/C29H56F4/c30-28-26-24-22-20-18-16-14-12-10-8-6-4-2-1-3-5-7-9-11-13-15-17-19-21-23-25-27-29(31,32)33/h1-28H2. The zero-order valence-electron chi connectivity index (χ0n) is 21.8. The van der Waals surface area contributed by atoms with Gasteiger partial charge in [-0.05, 0) is 12.8 Å². The monoisotopic (exact) mass is 480 g/mol. The molecule has 0 saturated heterocycles. The Balaban J connectivity index is 3.03. The van der Waals surface area contributed by atoms with E-state index >= 15 is 0 Å². The summed E-state index contributed by atoms with van der Waals surface area (Å²) in [5, 5.41) is 0. The van der Waals surface area contributed by atoms with Crippen molar-refractivity contribution in [2.75, 3.05) is 6.67 Å². The summed E-state index contributed by atoms with van der Waals surface area (Å²) in [4.78, 5) is 0. The van der Waals surface area contributed by atoms with Gasteiger partial charge >= 0.3 is 6.18 Å². The molecule has 0 rings (SSSR count). The maximum absolute atomic E-state index is 12.0. The van der Waals surface area contributed by atoms with Crippen molar-refractivity contribution < 1.29 is 17.6 Å². The third kappa shape index (κ3) is 31.7. The lowest BCUT2D eigenvalue weighted by atomic mass is 10.0. The molecule has 0 aliphatic heterocycles. The van der Waals surface area contributed by atoms with E-state index < -0.39 is 12.6 Å². The summed E-state index contributed by atoms with van der Waals surface area (Å²) in [7, 11) is 0. The van der Waals surface area contributed by atoms with Crippen LogP contribution in [0, 0.1) is 0 Å². The molecule has 0 spiro atoms. The van der Waals surface area contributed by atoms with Crippen LogP contribution in [0.2, 0.25) is 0 Å². The molecule has 0 aromatic carbocycles. The molecule has 0 amide bonds. The van der Waals surface area contributed by atoms with E-state index in [0.717, 1.165) is 32.1 Å². The van der Waals surface area contributed by atoms with Gasteiger partial charge in [0.15, 0.2) is 0 Å². The van der Waals surface area contributed by atoms with Crippen molar-refractivity contribution in [3.05, 3.63) is 0 Å². The first kappa shape index (κ1) is 32.7. The van der Waals surface area contributed by atoms with Gasteiger partial charge in [-0.1, -0.05) is 154 Å². The average molecular weight is 481 g/mol. The highest BCUT2D eigenvalue weighted by Crippen LogP contribution is 2.23. The molecule has 33 heavy (non-hydrogen) atoms. The number of rotatable bonds is 27. The molecule has 0 nitrogen and oxygen atoms in total. The molecule has 0 saturated carbocycles. The van der Waals surface area contributed by atoms with E-state index in [2.05, 4.69) is 0 Å². The molecule has 0 aliphatic carbocycles. The van der Waals surface area contributed by atoms with Crippen LogP contribution in [0.15, 0.2) is 0 Å². The predicted octanol–water partition coefficient (Wildman–Crippen LogP) is 12.1. The molecular weight excluding hydrogens is 424 g/mol. The van der Waals surface area contributed by atoms with Crippen molar-refractivity contribution in [3.63, 3.8) is 0 Å². The summed E-state index contributed by atoms with van der Waals surface area (Å²) >= 11 is 0. The number of unbranched alkanes of at least 4 members (excludes halogenated alkanes) is 25. The number of alkyl halides is 4. The summed E-state index contributed by atoms with van der Waals surface area (Å²) in [6, 6.07) is 0. The van der Waals surface area contributed by atoms with E-state index in [1.165, 1.54) is 128 Å². The van der Waals surface area contributed by atoms with Crippen molar-refractivity contribution in [2.24, 2.45) is 0 Å². The van der Waals surface area contributed by atoms with E-state index in [1.807, 2.05) is 0 Å². The van der Waals surface area contributed by atoms with Gasteiger partial charge in [0, 0.05) is 6.42 Å². The summed E-state index contributed by atoms with van der Waals surface area (Å²) in [6.45, 7) is -0.146. The van der Waals surface area contributed by atoms with Gasteiger partial charge in [0.05, 0.1) is 6.67 Å². The van der Waals surface area contributed by atoms with Gasteiger partial charge in [-0.25, -0.2) is 0 Å². The number of hydrogen-bond acceptors (Lipinski definition) is 0. The van der Waals surface area contributed by atoms with Gasteiger partial charge in [0.1, 0.15) is 0 Å². The fraction of sp³-hybridized carbons (Fsp3) is 1.00. The lowest BCUT2D eigenvalue weighted by molar-refractivity contribution is -0.135. The Labute approximate surface area is 204 Å². The predicted molar refractivity (Wildman–Crippen MR) is 137 cm³/mol. The summed E-state index contributed by atoms with van der Waals surface area (Å²) in [5.41, 5.74) is 0. The maximum atomic E-state index is 12.0. The molecule has 0 unspecified atom stereocenters. The van der Waals surface area contributed by atoms with E-state index in [4.69, 9.17) is 0 Å². The smallest absolute Gasteiger partial charge is 0.251 e. The van der Waals surface area contributed by atoms with Gasteiger partial charge in [-0.15, -0.1) is 0 Å². The Morgan fingerprint density at radius 1 is 0.273 bits per heavy atom. The lowest BCUT2D eigenvalue weighted by Gasteiger charge is -2.06. The van der Waals surface area contributed by atoms with Crippen LogP contribution in [0.25, 0.3) is 0 Å². The quantitative estimate of drug-likeness (QED) is 0.0810. The van der Waals surface area contributed by atoms with Crippen LogP contribution in [0.1, 0.15) is 173 Å². The van der Waals surface area contributed by atoms with Crippen molar-refractivity contribution in [2.45, 2.75) is 180 Å². The second-order valence-corrected chi connectivity index (χ2v) is 10.2. The maximum Gasteiger partial charge on any atom is 0.389 e. The first-order chi connectivity index (χ1) is 16.1. The van der Waals surface area contributed by atoms with Crippen molar-refractivity contribution in [1.29, 1.82) is 0 Å². The molecule has 0 fully saturated rings. The molecule has 0 heterocycles. The Morgan fingerprint density at radius 3 is 0.636 bits per heavy atom. The number of hydrogen-bond donors (Lipinski definition) is 0. The highest BCUT2D eigenvalue weighted by Gasteiger charge is 2.25. The fourth-order valence-electron chi connectivity index (χ4n) is 4.66. The first-order valence-corrected chi connectivity index (χ1v) is 14.7.